The van der Waals surface area contributed by atoms with E-state index in [1.54, 1.807) is 0 Å². The van der Waals surface area contributed by atoms with Crippen LogP contribution in [0.15, 0.2) is 27.4 Å². The fourth-order valence-electron chi connectivity index (χ4n) is 1.75. The number of ether oxygens (including phenoxy) is 2. The molecule has 8 heteroatoms. The number of carbonyl (C=O) groups excluding carboxylic acids is 1. The van der Waals surface area contributed by atoms with Crippen molar-refractivity contribution >= 4 is 22.6 Å². The molecular weight excluding hydrogens is 270 g/mol. The highest BCUT2D eigenvalue weighted by Gasteiger charge is 2.20. The second kappa shape index (κ2) is 5.00. The minimum absolute atomic E-state index is 0.0166. The molecule has 104 valence electrons. The van der Waals surface area contributed by atoms with Crippen LogP contribution in [-0.2, 0) is 4.74 Å². The molecule has 1 aromatic heterocycles. The topological polar surface area (TPSA) is 109 Å². The fraction of sp³-hybridized carbons (Fsp3) is 0.167. The van der Waals surface area contributed by atoms with Crippen LogP contribution in [0.2, 0.25) is 0 Å². The molecule has 1 heterocycles. The van der Waals surface area contributed by atoms with Crippen molar-refractivity contribution in [1.82, 2.24) is 0 Å². The molecule has 0 bridgehead atoms. The van der Waals surface area contributed by atoms with Gasteiger partial charge in [0.2, 0.25) is 0 Å². The number of hydrogen-bond acceptors (Lipinski definition) is 7. The van der Waals surface area contributed by atoms with Crippen molar-refractivity contribution in [3.05, 3.63) is 44.3 Å². The number of benzene rings is 1. The summed E-state index contributed by atoms with van der Waals surface area (Å²) in [4.78, 5) is 33.3. The number of nitro benzene ring substituents is 1. The summed E-state index contributed by atoms with van der Waals surface area (Å²) in [6.45, 7) is 0. The lowest BCUT2D eigenvalue weighted by molar-refractivity contribution is -0.384. The van der Waals surface area contributed by atoms with Crippen molar-refractivity contribution in [3.63, 3.8) is 0 Å². The van der Waals surface area contributed by atoms with Crippen molar-refractivity contribution in [2.75, 3.05) is 14.2 Å². The summed E-state index contributed by atoms with van der Waals surface area (Å²) in [6.07, 6.45) is 0. The third kappa shape index (κ3) is 2.18. The van der Waals surface area contributed by atoms with Crippen molar-refractivity contribution in [3.8, 4) is 5.75 Å². The van der Waals surface area contributed by atoms with Gasteiger partial charge in [-0.3, -0.25) is 10.1 Å². The molecule has 0 spiro atoms. The summed E-state index contributed by atoms with van der Waals surface area (Å²) in [5, 5.41) is 10.9. The lowest BCUT2D eigenvalue weighted by Crippen LogP contribution is -2.09. The second-order valence-corrected chi connectivity index (χ2v) is 3.75. The minimum Gasteiger partial charge on any atom is -0.493 e. The Bertz CT molecular complexity index is 762. The van der Waals surface area contributed by atoms with Gasteiger partial charge in [-0.2, -0.15) is 0 Å². The Balaban J connectivity index is 2.93. The van der Waals surface area contributed by atoms with Crippen LogP contribution in [0, 0.1) is 10.1 Å². The van der Waals surface area contributed by atoms with Crippen LogP contribution in [0.3, 0.4) is 0 Å². The van der Waals surface area contributed by atoms with E-state index in [1.165, 1.54) is 7.11 Å². The van der Waals surface area contributed by atoms with Gasteiger partial charge in [-0.15, -0.1) is 0 Å². The molecule has 0 unspecified atom stereocenters. The van der Waals surface area contributed by atoms with Gasteiger partial charge < -0.3 is 13.9 Å². The predicted molar refractivity (Wildman–Crippen MR) is 67.0 cm³/mol. The number of rotatable bonds is 3. The molecule has 0 atom stereocenters. The molecule has 0 amide bonds. The van der Waals surface area contributed by atoms with Gasteiger partial charge in [-0.25, -0.2) is 9.59 Å². The normalized spacial score (nSPS) is 10.3. The Kier molecular flexibility index (Phi) is 3.38. The fourth-order valence-corrected chi connectivity index (χ4v) is 1.75. The van der Waals surface area contributed by atoms with Gasteiger partial charge in [0.25, 0.3) is 5.69 Å². The highest BCUT2D eigenvalue weighted by Crippen LogP contribution is 2.32. The molecule has 0 saturated carbocycles. The zero-order valence-electron chi connectivity index (χ0n) is 10.5. The molecule has 0 fully saturated rings. The van der Waals surface area contributed by atoms with Gasteiger partial charge in [0.05, 0.1) is 30.8 Å². The van der Waals surface area contributed by atoms with E-state index in [2.05, 4.69) is 4.74 Å². The van der Waals surface area contributed by atoms with Crippen molar-refractivity contribution in [2.24, 2.45) is 0 Å². The summed E-state index contributed by atoms with van der Waals surface area (Å²) in [7, 11) is 2.40. The number of methoxy groups -OCH3 is 2. The first-order valence-electron chi connectivity index (χ1n) is 5.36. The summed E-state index contributed by atoms with van der Waals surface area (Å²) >= 11 is 0. The summed E-state index contributed by atoms with van der Waals surface area (Å²) in [5.41, 5.74) is -1.26. The Morgan fingerprint density at radius 2 is 2.00 bits per heavy atom. The molecule has 2 rings (SSSR count). The van der Waals surface area contributed by atoms with Crippen LogP contribution in [-0.4, -0.2) is 25.1 Å². The molecule has 0 aliphatic heterocycles. The van der Waals surface area contributed by atoms with E-state index in [-0.39, 0.29) is 28.0 Å². The van der Waals surface area contributed by atoms with Crippen LogP contribution >= 0.6 is 0 Å². The van der Waals surface area contributed by atoms with E-state index < -0.39 is 16.5 Å². The lowest BCUT2D eigenvalue weighted by atomic mass is 10.1. The molecule has 0 radical (unpaired) electrons. The molecular formula is C12H9NO7. The molecule has 1 aromatic carbocycles. The van der Waals surface area contributed by atoms with E-state index in [4.69, 9.17) is 9.15 Å². The van der Waals surface area contributed by atoms with E-state index in [0.29, 0.717) is 0 Å². The maximum atomic E-state index is 11.6. The van der Waals surface area contributed by atoms with Gasteiger partial charge in [0.1, 0.15) is 0 Å². The zero-order valence-corrected chi connectivity index (χ0v) is 10.5. The van der Waals surface area contributed by atoms with E-state index >= 15 is 0 Å². The van der Waals surface area contributed by atoms with Crippen LogP contribution in [0.5, 0.6) is 5.75 Å². The zero-order chi connectivity index (χ0) is 14.9. The third-order valence-corrected chi connectivity index (χ3v) is 2.63. The first-order chi connectivity index (χ1) is 9.47. The summed E-state index contributed by atoms with van der Waals surface area (Å²) < 4.78 is 14.4. The quantitative estimate of drug-likeness (QED) is 0.362. The standard InChI is InChI=1S/C12H9NO7/c1-18-9-4-6(13(16)17)3-7-8(12(15)19-2)5-10(14)20-11(7)9/h3-5H,1-2H3. The summed E-state index contributed by atoms with van der Waals surface area (Å²) in [5.74, 6) is -0.817. The first-order valence-corrected chi connectivity index (χ1v) is 5.36. The number of fused-ring (bicyclic) bond motifs is 1. The average molecular weight is 279 g/mol. The number of hydrogen-bond donors (Lipinski definition) is 0. The lowest BCUT2D eigenvalue weighted by Gasteiger charge is -2.07. The second-order valence-electron chi connectivity index (χ2n) is 3.75. The number of nitrogens with zero attached hydrogens (tertiary/aromatic N) is 1. The predicted octanol–water partition coefficient (Wildman–Crippen LogP) is 1.50. The molecule has 8 nitrogen and oxygen atoms in total. The number of carbonyl (C=O) groups is 1. The SMILES string of the molecule is COC(=O)c1cc(=O)oc2c(OC)cc([N+](=O)[O-])cc12. The van der Waals surface area contributed by atoms with Crippen LogP contribution in [0.4, 0.5) is 5.69 Å². The largest absolute Gasteiger partial charge is 0.493 e. The monoisotopic (exact) mass is 279 g/mol. The highest BCUT2D eigenvalue weighted by molar-refractivity contribution is 6.04. The van der Waals surface area contributed by atoms with Crippen molar-refractivity contribution < 1.29 is 23.6 Å². The maximum Gasteiger partial charge on any atom is 0.338 e. The Morgan fingerprint density at radius 3 is 2.55 bits per heavy atom. The van der Waals surface area contributed by atoms with Gasteiger partial charge in [-0.05, 0) is 0 Å². The van der Waals surface area contributed by atoms with E-state index in [0.717, 1.165) is 25.3 Å². The molecule has 0 N–H and O–H groups in total. The number of non-ortho nitro benzene ring substituents is 1. The maximum absolute atomic E-state index is 11.6. The van der Waals surface area contributed by atoms with Crippen LogP contribution < -0.4 is 10.4 Å². The number of esters is 1. The smallest absolute Gasteiger partial charge is 0.338 e. The van der Waals surface area contributed by atoms with Crippen molar-refractivity contribution in [1.29, 1.82) is 0 Å². The van der Waals surface area contributed by atoms with Gasteiger partial charge in [0, 0.05) is 17.5 Å². The van der Waals surface area contributed by atoms with E-state index in [9.17, 15) is 19.7 Å². The summed E-state index contributed by atoms with van der Waals surface area (Å²) in [6, 6.07) is 3.14. The van der Waals surface area contributed by atoms with Gasteiger partial charge in [-0.1, -0.05) is 0 Å². The minimum atomic E-state index is -0.801. The Labute approximate surface area is 111 Å². The van der Waals surface area contributed by atoms with Gasteiger partial charge in [0.15, 0.2) is 11.3 Å². The molecule has 2 aromatic rings. The first kappa shape index (κ1) is 13.5. The van der Waals surface area contributed by atoms with Crippen LogP contribution in [0.1, 0.15) is 10.4 Å². The average Bonchev–Trinajstić information content (AvgIpc) is 2.44. The van der Waals surface area contributed by atoms with Gasteiger partial charge >= 0.3 is 11.6 Å². The van der Waals surface area contributed by atoms with E-state index in [1.807, 2.05) is 0 Å². The van der Waals surface area contributed by atoms with Crippen molar-refractivity contribution in [2.45, 2.75) is 0 Å². The van der Waals surface area contributed by atoms with Crippen LogP contribution in [0.25, 0.3) is 11.0 Å². The molecule has 0 aliphatic carbocycles. The Hall–Kier alpha value is -2.90. The molecule has 0 saturated heterocycles. The molecule has 20 heavy (non-hydrogen) atoms. The highest BCUT2D eigenvalue weighted by atomic mass is 16.6. The number of nitro groups is 1. The molecule has 0 aliphatic rings. The Morgan fingerprint density at radius 1 is 1.30 bits per heavy atom. The third-order valence-electron chi connectivity index (χ3n) is 2.63.